The zero-order valence-corrected chi connectivity index (χ0v) is 14.9. The molecule has 0 bridgehead atoms. The molecule has 1 saturated heterocycles. The van der Waals surface area contributed by atoms with Crippen molar-refractivity contribution in [1.29, 1.82) is 0 Å². The highest BCUT2D eigenvalue weighted by atomic mass is 32.1. The van der Waals surface area contributed by atoms with Crippen molar-refractivity contribution in [2.24, 2.45) is 11.8 Å². The number of carbonyl (C=O) groups is 2. The molecule has 2 amide bonds. The molecule has 1 aromatic rings. The molecule has 3 atom stereocenters. The molecule has 25 heavy (non-hydrogen) atoms. The summed E-state index contributed by atoms with van der Waals surface area (Å²) in [7, 11) is 0. The Hall–Kier alpha value is -1.70. The molecule has 136 valence electrons. The second kappa shape index (κ2) is 8.60. The summed E-state index contributed by atoms with van der Waals surface area (Å²) in [6.07, 6.45) is 5.08. The lowest BCUT2D eigenvalue weighted by Gasteiger charge is -2.34. The van der Waals surface area contributed by atoms with E-state index in [1.807, 2.05) is 29.0 Å². The molecule has 2 heterocycles. The molecule has 0 spiro atoms. The maximum absolute atomic E-state index is 12.9. The van der Waals surface area contributed by atoms with E-state index in [1.165, 1.54) is 11.3 Å². The molecular weight excluding hydrogens is 340 g/mol. The molecular formula is C18H24N2O4S. The zero-order valence-electron chi connectivity index (χ0n) is 14.1. The van der Waals surface area contributed by atoms with Crippen LogP contribution < -0.4 is 5.32 Å². The summed E-state index contributed by atoms with van der Waals surface area (Å²) >= 11 is 1.52. The Labute approximate surface area is 151 Å². The minimum absolute atomic E-state index is 0.0314. The third-order valence-corrected chi connectivity index (χ3v) is 5.56. The van der Waals surface area contributed by atoms with Crippen molar-refractivity contribution in [2.75, 3.05) is 32.9 Å². The lowest BCUT2D eigenvalue weighted by Crippen LogP contribution is -2.48. The van der Waals surface area contributed by atoms with Gasteiger partial charge in [0.2, 0.25) is 11.8 Å². The highest BCUT2D eigenvalue weighted by Crippen LogP contribution is 2.29. The molecule has 0 saturated carbocycles. The van der Waals surface area contributed by atoms with Crippen LogP contribution in [0.3, 0.4) is 0 Å². The molecule has 0 aromatic carbocycles. The van der Waals surface area contributed by atoms with Gasteiger partial charge in [0.05, 0.1) is 37.7 Å². The number of carbonyl (C=O) groups excluding carboxylic acids is 2. The van der Waals surface area contributed by atoms with Crippen LogP contribution in [0.1, 0.15) is 24.4 Å². The zero-order chi connectivity index (χ0) is 17.6. The maximum atomic E-state index is 12.9. The number of allylic oxidation sites excluding steroid dienone is 2. The smallest absolute Gasteiger partial charge is 0.226 e. The summed E-state index contributed by atoms with van der Waals surface area (Å²) in [6.45, 7) is 2.11. The van der Waals surface area contributed by atoms with Crippen LogP contribution in [0.4, 0.5) is 0 Å². The number of nitrogens with zero attached hydrogens (tertiary/aromatic N) is 1. The van der Waals surface area contributed by atoms with Gasteiger partial charge in [0.15, 0.2) is 0 Å². The average Bonchev–Trinajstić information content (AvgIpc) is 3.20. The molecule has 3 rings (SSSR count). The van der Waals surface area contributed by atoms with Crippen molar-refractivity contribution >= 4 is 23.2 Å². The first-order valence-corrected chi connectivity index (χ1v) is 9.60. The number of rotatable bonds is 5. The third-order valence-electron chi connectivity index (χ3n) is 4.85. The number of amides is 2. The monoisotopic (exact) mass is 364 g/mol. The van der Waals surface area contributed by atoms with Gasteiger partial charge < -0.3 is 20.1 Å². The lowest BCUT2D eigenvalue weighted by atomic mass is 9.81. The molecule has 1 fully saturated rings. The molecule has 6 nitrogen and oxygen atoms in total. The van der Waals surface area contributed by atoms with Crippen molar-refractivity contribution in [3.05, 3.63) is 34.5 Å². The van der Waals surface area contributed by atoms with Crippen LogP contribution in [0.25, 0.3) is 0 Å². The van der Waals surface area contributed by atoms with Gasteiger partial charge in [-0.2, -0.15) is 11.3 Å². The second-order valence-electron chi connectivity index (χ2n) is 6.39. The molecule has 1 aliphatic heterocycles. The largest absolute Gasteiger partial charge is 0.394 e. The standard InChI is InChI=1S/C18H24N2O4S/c21-11-16(13-5-10-25-12-13)19-17(22)14-3-1-2-4-15(14)18(23)20-6-8-24-9-7-20/h1-2,5,10,12,14-16,21H,3-4,6-9,11H2,(H,19,22). The number of aliphatic hydroxyl groups is 1. The fourth-order valence-electron chi connectivity index (χ4n) is 3.38. The Bertz CT molecular complexity index is 611. The highest BCUT2D eigenvalue weighted by Gasteiger charge is 2.37. The SMILES string of the molecule is O=C(NC(CO)c1ccsc1)C1CC=CCC1C(=O)N1CCOCC1. The highest BCUT2D eigenvalue weighted by molar-refractivity contribution is 7.07. The summed E-state index contributed by atoms with van der Waals surface area (Å²) in [5, 5.41) is 16.4. The van der Waals surface area contributed by atoms with Gasteiger partial charge in [-0.15, -0.1) is 0 Å². The molecule has 2 N–H and O–H groups in total. The van der Waals surface area contributed by atoms with E-state index in [1.54, 1.807) is 4.90 Å². The Morgan fingerprint density at radius 3 is 2.64 bits per heavy atom. The number of aliphatic hydroxyl groups excluding tert-OH is 1. The van der Waals surface area contributed by atoms with Gasteiger partial charge in [-0.25, -0.2) is 0 Å². The summed E-state index contributed by atoms with van der Waals surface area (Å²) in [4.78, 5) is 27.5. The Balaban J connectivity index is 1.68. The van der Waals surface area contributed by atoms with Crippen molar-refractivity contribution in [2.45, 2.75) is 18.9 Å². The second-order valence-corrected chi connectivity index (χ2v) is 7.17. The molecule has 3 unspecified atom stereocenters. The van der Waals surface area contributed by atoms with E-state index < -0.39 is 12.0 Å². The van der Waals surface area contributed by atoms with E-state index in [0.29, 0.717) is 39.1 Å². The number of ether oxygens (including phenoxy) is 1. The van der Waals surface area contributed by atoms with Crippen LogP contribution in [-0.2, 0) is 14.3 Å². The van der Waals surface area contributed by atoms with Crippen LogP contribution >= 0.6 is 11.3 Å². The van der Waals surface area contributed by atoms with Crippen molar-refractivity contribution in [1.82, 2.24) is 10.2 Å². The van der Waals surface area contributed by atoms with Gasteiger partial charge in [-0.1, -0.05) is 12.2 Å². The number of hydrogen-bond acceptors (Lipinski definition) is 5. The molecule has 1 aliphatic carbocycles. The summed E-state index contributed by atoms with van der Waals surface area (Å²) in [6, 6.07) is 1.46. The summed E-state index contributed by atoms with van der Waals surface area (Å²) in [5.74, 6) is -0.872. The van der Waals surface area contributed by atoms with Crippen LogP contribution in [0, 0.1) is 11.8 Å². The predicted octanol–water partition coefficient (Wildman–Crippen LogP) is 1.34. The fraction of sp³-hybridized carbons (Fsp3) is 0.556. The molecule has 2 aliphatic rings. The van der Waals surface area contributed by atoms with Gasteiger partial charge in [0, 0.05) is 13.1 Å². The number of thiophene rings is 1. The predicted molar refractivity (Wildman–Crippen MR) is 95.0 cm³/mol. The van der Waals surface area contributed by atoms with E-state index in [4.69, 9.17) is 4.74 Å². The minimum atomic E-state index is -0.427. The average molecular weight is 364 g/mol. The van der Waals surface area contributed by atoms with Crippen LogP contribution in [0.5, 0.6) is 0 Å². The van der Waals surface area contributed by atoms with E-state index in [2.05, 4.69) is 5.32 Å². The lowest BCUT2D eigenvalue weighted by molar-refractivity contribution is -0.145. The first-order valence-electron chi connectivity index (χ1n) is 8.65. The quantitative estimate of drug-likeness (QED) is 0.773. The minimum Gasteiger partial charge on any atom is -0.394 e. The summed E-state index contributed by atoms with van der Waals surface area (Å²) < 4.78 is 5.31. The number of morpholine rings is 1. The van der Waals surface area contributed by atoms with Crippen LogP contribution in [0.2, 0.25) is 0 Å². The maximum Gasteiger partial charge on any atom is 0.226 e. The Morgan fingerprint density at radius 2 is 2.00 bits per heavy atom. The van der Waals surface area contributed by atoms with Gasteiger partial charge in [-0.3, -0.25) is 9.59 Å². The summed E-state index contributed by atoms with van der Waals surface area (Å²) in [5.41, 5.74) is 0.892. The van der Waals surface area contributed by atoms with E-state index in [0.717, 1.165) is 5.56 Å². The number of nitrogens with one attached hydrogen (secondary N) is 1. The topological polar surface area (TPSA) is 78.9 Å². The number of hydrogen-bond donors (Lipinski definition) is 2. The molecule has 1 aromatic heterocycles. The van der Waals surface area contributed by atoms with Gasteiger partial charge >= 0.3 is 0 Å². The van der Waals surface area contributed by atoms with Gasteiger partial charge in [-0.05, 0) is 35.2 Å². The van der Waals surface area contributed by atoms with E-state index in [-0.39, 0.29) is 24.3 Å². The van der Waals surface area contributed by atoms with E-state index >= 15 is 0 Å². The Morgan fingerprint density at radius 1 is 1.28 bits per heavy atom. The molecule has 7 heteroatoms. The fourth-order valence-corrected chi connectivity index (χ4v) is 4.10. The van der Waals surface area contributed by atoms with Crippen molar-refractivity contribution in [3.63, 3.8) is 0 Å². The third kappa shape index (κ3) is 4.29. The van der Waals surface area contributed by atoms with E-state index in [9.17, 15) is 14.7 Å². The van der Waals surface area contributed by atoms with Crippen LogP contribution in [0.15, 0.2) is 29.0 Å². The first kappa shape index (κ1) is 18.1. The Kier molecular flexibility index (Phi) is 6.23. The van der Waals surface area contributed by atoms with Gasteiger partial charge in [0.1, 0.15) is 0 Å². The van der Waals surface area contributed by atoms with Crippen LogP contribution in [-0.4, -0.2) is 54.7 Å². The van der Waals surface area contributed by atoms with Crippen molar-refractivity contribution < 1.29 is 19.4 Å². The first-order chi connectivity index (χ1) is 12.2. The normalized spacial score (nSPS) is 24.8. The van der Waals surface area contributed by atoms with Crippen molar-refractivity contribution in [3.8, 4) is 0 Å². The van der Waals surface area contributed by atoms with Gasteiger partial charge in [0.25, 0.3) is 0 Å². The molecule has 0 radical (unpaired) electrons.